The van der Waals surface area contributed by atoms with E-state index in [0.29, 0.717) is 23.7 Å². The van der Waals surface area contributed by atoms with Crippen LogP contribution in [-0.4, -0.2) is 40.8 Å². The van der Waals surface area contributed by atoms with Gasteiger partial charge in [-0.2, -0.15) is 0 Å². The number of halogens is 1. The van der Waals surface area contributed by atoms with Crippen molar-refractivity contribution in [3.8, 4) is 0 Å². The second-order valence-corrected chi connectivity index (χ2v) is 7.64. The monoisotopic (exact) mass is 353 g/mol. The summed E-state index contributed by atoms with van der Waals surface area (Å²) in [6.07, 6.45) is 1.12. The number of rotatable bonds is 3. The number of carboxylic acid groups (broad SMARTS) is 1. The molecule has 0 radical (unpaired) electrons. The standard InChI is InChI=1S/C18H24ClNO4/c1-18(2,3)24-17(23)20-9-5-7-13(11-20)15(16(21)22)12-6-4-8-14(19)10-12/h4,6,8,10,13,15H,5,7,9,11H2,1-3H3,(H,21,22). The highest BCUT2D eigenvalue weighted by atomic mass is 35.5. The van der Waals surface area contributed by atoms with Gasteiger partial charge in [0.15, 0.2) is 0 Å². The maximum atomic E-state index is 12.3. The number of piperidine rings is 1. The lowest BCUT2D eigenvalue weighted by atomic mass is 9.81. The number of nitrogens with zero attached hydrogens (tertiary/aromatic N) is 1. The molecule has 0 aliphatic carbocycles. The van der Waals surface area contributed by atoms with E-state index in [0.717, 1.165) is 12.8 Å². The molecule has 2 rings (SSSR count). The SMILES string of the molecule is CC(C)(C)OC(=O)N1CCCC(C(C(=O)O)c2cccc(Cl)c2)C1. The zero-order chi connectivity index (χ0) is 17.9. The minimum Gasteiger partial charge on any atom is -0.481 e. The van der Waals surface area contributed by atoms with E-state index in [9.17, 15) is 14.7 Å². The molecule has 1 saturated heterocycles. The number of carbonyl (C=O) groups is 2. The molecule has 2 atom stereocenters. The Hall–Kier alpha value is -1.75. The fourth-order valence-electron chi connectivity index (χ4n) is 3.09. The van der Waals surface area contributed by atoms with Crippen LogP contribution in [0.3, 0.4) is 0 Å². The predicted molar refractivity (Wildman–Crippen MR) is 92.4 cm³/mol. The summed E-state index contributed by atoms with van der Waals surface area (Å²) < 4.78 is 5.41. The topological polar surface area (TPSA) is 66.8 Å². The van der Waals surface area contributed by atoms with Gasteiger partial charge in [-0.05, 0) is 57.2 Å². The molecule has 5 nitrogen and oxygen atoms in total. The van der Waals surface area contributed by atoms with E-state index < -0.39 is 17.5 Å². The first kappa shape index (κ1) is 18.6. The van der Waals surface area contributed by atoms with Crippen molar-refractivity contribution < 1.29 is 19.4 Å². The molecule has 1 aliphatic heterocycles. The number of hydrogen-bond donors (Lipinski definition) is 1. The molecule has 6 heteroatoms. The highest BCUT2D eigenvalue weighted by Gasteiger charge is 2.36. The van der Waals surface area contributed by atoms with Gasteiger partial charge in [0.2, 0.25) is 0 Å². The van der Waals surface area contributed by atoms with Gasteiger partial charge < -0.3 is 14.7 Å². The number of benzene rings is 1. The van der Waals surface area contributed by atoms with Gasteiger partial charge in [0.25, 0.3) is 0 Å². The summed E-state index contributed by atoms with van der Waals surface area (Å²) in [7, 11) is 0. The first-order valence-electron chi connectivity index (χ1n) is 8.13. The van der Waals surface area contributed by atoms with Crippen LogP contribution in [0.25, 0.3) is 0 Å². The summed E-state index contributed by atoms with van der Waals surface area (Å²) in [6, 6.07) is 6.93. The van der Waals surface area contributed by atoms with Crippen molar-refractivity contribution in [3.63, 3.8) is 0 Å². The van der Waals surface area contributed by atoms with Gasteiger partial charge in [-0.25, -0.2) is 4.79 Å². The van der Waals surface area contributed by atoms with Crippen molar-refractivity contribution in [2.24, 2.45) is 5.92 Å². The Morgan fingerprint density at radius 3 is 2.67 bits per heavy atom. The molecule has 0 spiro atoms. The largest absolute Gasteiger partial charge is 0.481 e. The Kier molecular flexibility index (Phi) is 5.75. The smallest absolute Gasteiger partial charge is 0.410 e. The molecule has 1 aromatic rings. The lowest BCUT2D eigenvalue weighted by molar-refractivity contribution is -0.140. The molecule has 132 valence electrons. The Labute approximate surface area is 147 Å². The van der Waals surface area contributed by atoms with Gasteiger partial charge in [-0.3, -0.25) is 4.79 Å². The minimum absolute atomic E-state index is 0.165. The van der Waals surface area contributed by atoms with Gasteiger partial charge >= 0.3 is 12.1 Å². The summed E-state index contributed by atoms with van der Waals surface area (Å²) in [6.45, 7) is 6.42. The number of ether oxygens (including phenoxy) is 1. The van der Waals surface area contributed by atoms with E-state index in [1.54, 1.807) is 29.2 Å². The molecule has 1 fully saturated rings. The summed E-state index contributed by atoms with van der Waals surface area (Å²) in [5, 5.41) is 10.2. The number of carbonyl (C=O) groups excluding carboxylic acids is 1. The van der Waals surface area contributed by atoms with Crippen LogP contribution in [-0.2, 0) is 9.53 Å². The van der Waals surface area contributed by atoms with Crippen LogP contribution in [0.5, 0.6) is 0 Å². The van der Waals surface area contributed by atoms with Crippen LogP contribution >= 0.6 is 11.6 Å². The van der Waals surface area contributed by atoms with Crippen LogP contribution in [0.15, 0.2) is 24.3 Å². The van der Waals surface area contributed by atoms with Crippen molar-refractivity contribution in [3.05, 3.63) is 34.9 Å². The summed E-state index contributed by atoms with van der Waals surface area (Å²) >= 11 is 6.01. The van der Waals surface area contributed by atoms with Crippen molar-refractivity contribution >= 4 is 23.7 Å². The number of amides is 1. The van der Waals surface area contributed by atoms with E-state index >= 15 is 0 Å². The number of carboxylic acids is 1. The third-order valence-electron chi connectivity index (χ3n) is 4.05. The molecular formula is C18H24ClNO4. The molecule has 0 aromatic heterocycles. The first-order chi connectivity index (χ1) is 11.2. The Morgan fingerprint density at radius 1 is 1.38 bits per heavy atom. The van der Waals surface area contributed by atoms with E-state index in [4.69, 9.17) is 16.3 Å². The molecule has 1 aromatic carbocycles. The van der Waals surface area contributed by atoms with E-state index in [-0.39, 0.29) is 12.0 Å². The molecule has 0 bridgehead atoms. The normalized spacial score (nSPS) is 19.7. The molecule has 1 N–H and O–H groups in total. The fraction of sp³-hybridized carbons (Fsp3) is 0.556. The van der Waals surface area contributed by atoms with Crippen molar-refractivity contribution in [1.29, 1.82) is 0 Å². The molecular weight excluding hydrogens is 330 g/mol. The van der Waals surface area contributed by atoms with Crippen LogP contribution in [0.4, 0.5) is 4.79 Å². The van der Waals surface area contributed by atoms with E-state index in [1.807, 2.05) is 20.8 Å². The highest BCUT2D eigenvalue weighted by Crippen LogP contribution is 2.33. The Bertz CT molecular complexity index is 611. The minimum atomic E-state index is -0.895. The zero-order valence-corrected chi connectivity index (χ0v) is 15.0. The molecule has 1 heterocycles. The van der Waals surface area contributed by atoms with E-state index in [2.05, 4.69) is 0 Å². The predicted octanol–water partition coefficient (Wildman–Crippen LogP) is 4.16. The molecule has 24 heavy (non-hydrogen) atoms. The first-order valence-corrected chi connectivity index (χ1v) is 8.51. The number of likely N-dealkylation sites (tertiary alicyclic amines) is 1. The van der Waals surface area contributed by atoms with Gasteiger partial charge in [-0.15, -0.1) is 0 Å². The maximum absolute atomic E-state index is 12.3. The average Bonchev–Trinajstić information content (AvgIpc) is 2.45. The van der Waals surface area contributed by atoms with Crippen molar-refractivity contribution in [2.75, 3.05) is 13.1 Å². The fourth-order valence-corrected chi connectivity index (χ4v) is 3.29. The van der Waals surface area contributed by atoms with Crippen molar-refractivity contribution in [1.82, 2.24) is 4.90 Å². The number of hydrogen-bond acceptors (Lipinski definition) is 3. The second-order valence-electron chi connectivity index (χ2n) is 7.20. The van der Waals surface area contributed by atoms with Gasteiger partial charge in [0, 0.05) is 18.1 Å². The molecule has 2 unspecified atom stereocenters. The molecule has 1 amide bonds. The molecule has 1 aliphatic rings. The number of aliphatic carboxylic acids is 1. The van der Waals surface area contributed by atoms with Crippen LogP contribution < -0.4 is 0 Å². The average molecular weight is 354 g/mol. The van der Waals surface area contributed by atoms with Crippen LogP contribution in [0, 0.1) is 5.92 Å². The lowest BCUT2D eigenvalue weighted by Crippen LogP contribution is -2.45. The highest BCUT2D eigenvalue weighted by molar-refractivity contribution is 6.30. The van der Waals surface area contributed by atoms with Gasteiger partial charge in [-0.1, -0.05) is 23.7 Å². The Morgan fingerprint density at radius 2 is 2.08 bits per heavy atom. The third kappa shape index (κ3) is 4.87. The van der Waals surface area contributed by atoms with Crippen LogP contribution in [0.1, 0.15) is 45.1 Å². The van der Waals surface area contributed by atoms with Gasteiger partial charge in [0.1, 0.15) is 5.60 Å². The van der Waals surface area contributed by atoms with Crippen molar-refractivity contribution in [2.45, 2.75) is 45.1 Å². The van der Waals surface area contributed by atoms with Crippen LogP contribution in [0.2, 0.25) is 5.02 Å². The maximum Gasteiger partial charge on any atom is 0.410 e. The summed E-state index contributed by atoms with van der Waals surface area (Å²) in [4.78, 5) is 25.7. The molecule has 0 saturated carbocycles. The zero-order valence-electron chi connectivity index (χ0n) is 14.3. The van der Waals surface area contributed by atoms with Gasteiger partial charge in [0.05, 0.1) is 5.92 Å². The summed E-state index contributed by atoms with van der Waals surface area (Å²) in [5.74, 6) is -1.75. The second kappa shape index (κ2) is 7.43. The lowest BCUT2D eigenvalue weighted by Gasteiger charge is -2.36. The quantitative estimate of drug-likeness (QED) is 0.886. The summed E-state index contributed by atoms with van der Waals surface area (Å²) in [5.41, 5.74) is 0.106. The third-order valence-corrected chi connectivity index (χ3v) is 4.29. The Balaban J connectivity index is 2.16. The van der Waals surface area contributed by atoms with E-state index in [1.165, 1.54) is 0 Å².